The Morgan fingerprint density at radius 3 is 2.17 bits per heavy atom. The molecule has 0 aromatic carbocycles. The first-order valence-corrected chi connectivity index (χ1v) is 5.09. The van der Waals surface area contributed by atoms with Crippen molar-refractivity contribution in [3.8, 4) is 12.3 Å². The van der Waals surface area contributed by atoms with Crippen LogP contribution in [0, 0.1) is 12.3 Å². The predicted octanol–water partition coefficient (Wildman–Crippen LogP) is 1.85. The third-order valence-electron chi connectivity index (χ3n) is 1.08. The predicted molar refractivity (Wildman–Crippen MR) is 51.6 cm³/mol. The summed E-state index contributed by atoms with van der Waals surface area (Å²) in [4.78, 5) is 0. The molecule has 0 N–H and O–H groups in total. The minimum absolute atomic E-state index is 0.561. The van der Waals surface area contributed by atoms with Gasteiger partial charge in [-0.1, -0.05) is 5.92 Å². The molecule has 0 atom stereocenters. The minimum Gasteiger partial charge on any atom is -0.322 e. The van der Waals surface area contributed by atoms with Crippen LogP contribution >= 0.6 is 8.53 Å². The van der Waals surface area contributed by atoms with Crippen molar-refractivity contribution in [1.82, 2.24) is 4.67 Å². The second-order valence-electron chi connectivity index (χ2n) is 2.09. The summed E-state index contributed by atoms with van der Waals surface area (Å²) >= 11 is 0. The highest BCUT2D eigenvalue weighted by Gasteiger charge is 2.14. The molecule has 0 aliphatic heterocycles. The van der Waals surface area contributed by atoms with Crippen LogP contribution in [0.25, 0.3) is 0 Å². The number of rotatable bonds is 6. The van der Waals surface area contributed by atoms with Crippen molar-refractivity contribution in [3.05, 3.63) is 0 Å². The number of hydrogen-bond acceptors (Lipinski definition) is 3. The summed E-state index contributed by atoms with van der Waals surface area (Å²) in [5, 5.41) is 0. The van der Waals surface area contributed by atoms with Gasteiger partial charge in [-0.3, -0.25) is 0 Å². The van der Waals surface area contributed by atoms with E-state index in [-0.39, 0.29) is 0 Å². The van der Waals surface area contributed by atoms with Crippen LogP contribution in [0.15, 0.2) is 0 Å². The quantitative estimate of drug-likeness (QED) is 0.470. The van der Waals surface area contributed by atoms with Crippen molar-refractivity contribution < 1.29 is 9.05 Å². The van der Waals surface area contributed by atoms with Gasteiger partial charge in [-0.15, -0.1) is 6.42 Å². The summed E-state index contributed by atoms with van der Waals surface area (Å²) in [5.41, 5.74) is 0. The average Bonchev–Trinajstić information content (AvgIpc) is 2.04. The molecular formula is C8H16NO2P. The van der Waals surface area contributed by atoms with Gasteiger partial charge in [0.25, 0.3) is 8.53 Å². The number of nitrogens with zero attached hydrogens (tertiary/aromatic N) is 1. The average molecular weight is 189 g/mol. The van der Waals surface area contributed by atoms with Gasteiger partial charge >= 0.3 is 0 Å². The van der Waals surface area contributed by atoms with Crippen LogP contribution in [-0.4, -0.2) is 31.5 Å². The second kappa shape index (κ2) is 7.52. The van der Waals surface area contributed by atoms with Gasteiger partial charge in [0.1, 0.15) is 0 Å². The maximum absolute atomic E-state index is 5.37. The molecule has 70 valence electrons. The van der Waals surface area contributed by atoms with E-state index in [0.29, 0.717) is 19.8 Å². The molecule has 12 heavy (non-hydrogen) atoms. The van der Waals surface area contributed by atoms with Crippen molar-refractivity contribution in [1.29, 1.82) is 0 Å². The summed E-state index contributed by atoms with van der Waals surface area (Å²) in [6.45, 7) is 5.75. The molecule has 4 heteroatoms. The van der Waals surface area contributed by atoms with E-state index in [0.717, 1.165) is 0 Å². The SMILES string of the molecule is C#CCN(C)P(OCC)OCC. The van der Waals surface area contributed by atoms with Crippen LogP contribution < -0.4 is 0 Å². The summed E-state index contributed by atoms with van der Waals surface area (Å²) in [6, 6.07) is 0. The van der Waals surface area contributed by atoms with E-state index < -0.39 is 8.53 Å². The molecule has 3 nitrogen and oxygen atoms in total. The van der Waals surface area contributed by atoms with Crippen molar-refractivity contribution in [2.24, 2.45) is 0 Å². The van der Waals surface area contributed by atoms with E-state index >= 15 is 0 Å². The van der Waals surface area contributed by atoms with Gasteiger partial charge in [0, 0.05) is 0 Å². The van der Waals surface area contributed by atoms with Crippen LogP contribution in [0.2, 0.25) is 0 Å². The molecule has 0 spiro atoms. The zero-order valence-corrected chi connectivity index (χ0v) is 8.80. The van der Waals surface area contributed by atoms with E-state index in [2.05, 4.69) is 5.92 Å². The normalized spacial score (nSPS) is 10.7. The lowest BCUT2D eigenvalue weighted by Gasteiger charge is -2.23. The zero-order valence-electron chi connectivity index (χ0n) is 7.91. The number of terminal acetylenes is 1. The molecule has 0 radical (unpaired) electrons. The van der Waals surface area contributed by atoms with Crippen LogP contribution in [-0.2, 0) is 9.05 Å². The fraction of sp³-hybridized carbons (Fsp3) is 0.750. The molecule has 0 fully saturated rings. The Morgan fingerprint density at radius 1 is 1.33 bits per heavy atom. The second-order valence-corrected chi connectivity index (χ2v) is 3.77. The lowest BCUT2D eigenvalue weighted by Crippen LogP contribution is -2.15. The zero-order chi connectivity index (χ0) is 9.40. The van der Waals surface area contributed by atoms with Gasteiger partial charge < -0.3 is 9.05 Å². The molecule has 0 bridgehead atoms. The highest BCUT2D eigenvalue weighted by Crippen LogP contribution is 2.40. The minimum atomic E-state index is -0.937. The van der Waals surface area contributed by atoms with Crippen LogP contribution in [0.3, 0.4) is 0 Å². The molecule has 0 unspecified atom stereocenters. The lowest BCUT2D eigenvalue weighted by atomic mass is 10.7. The third-order valence-corrected chi connectivity index (χ3v) is 2.74. The van der Waals surface area contributed by atoms with Gasteiger partial charge in [-0.2, -0.15) is 0 Å². The van der Waals surface area contributed by atoms with Crippen LogP contribution in [0.1, 0.15) is 13.8 Å². The van der Waals surface area contributed by atoms with E-state index in [9.17, 15) is 0 Å². The molecule has 0 heterocycles. The molecule has 0 aliphatic carbocycles. The topological polar surface area (TPSA) is 21.7 Å². The highest BCUT2D eigenvalue weighted by molar-refractivity contribution is 7.44. The standard InChI is InChI=1S/C8H16NO2P/c1-5-8-9(4)12(10-6-2)11-7-3/h1H,6-8H2,2-4H3. The van der Waals surface area contributed by atoms with Crippen molar-refractivity contribution in [2.75, 3.05) is 26.8 Å². The summed E-state index contributed by atoms with van der Waals surface area (Å²) in [5.74, 6) is 2.55. The van der Waals surface area contributed by atoms with Gasteiger partial charge in [0.05, 0.1) is 19.8 Å². The van der Waals surface area contributed by atoms with Crippen molar-refractivity contribution in [3.63, 3.8) is 0 Å². The largest absolute Gasteiger partial charge is 0.322 e. The first-order chi connectivity index (χ1) is 5.76. The molecule has 0 rings (SSSR count). The summed E-state index contributed by atoms with van der Waals surface area (Å²) in [7, 11) is 0.963. The molecular weight excluding hydrogens is 173 g/mol. The Kier molecular flexibility index (Phi) is 7.43. The monoisotopic (exact) mass is 189 g/mol. The first-order valence-electron chi connectivity index (χ1n) is 3.96. The maximum atomic E-state index is 5.37. The van der Waals surface area contributed by atoms with Gasteiger partial charge in [0.15, 0.2) is 0 Å². The molecule has 0 aromatic heterocycles. The van der Waals surface area contributed by atoms with Gasteiger partial charge in [-0.05, 0) is 20.9 Å². The molecule has 0 amide bonds. The fourth-order valence-corrected chi connectivity index (χ4v) is 1.75. The van der Waals surface area contributed by atoms with Crippen molar-refractivity contribution in [2.45, 2.75) is 13.8 Å². The van der Waals surface area contributed by atoms with E-state index in [1.165, 1.54) is 0 Å². The summed E-state index contributed by atoms with van der Waals surface area (Å²) < 4.78 is 12.6. The van der Waals surface area contributed by atoms with E-state index in [4.69, 9.17) is 15.5 Å². The van der Waals surface area contributed by atoms with Crippen LogP contribution in [0.5, 0.6) is 0 Å². The smallest absolute Gasteiger partial charge is 0.259 e. The Balaban J connectivity index is 3.82. The third kappa shape index (κ3) is 4.69. The Bertz CT molecular complexity index is 140. The summed E-state index contributed by atoms with van der Waals surface area (Å²) in [6.07, 6.45) is 5.17. The molecule has 0 aromatic rings. The van der Waals surface area contributed by atoms with E-state index in [1.54, 1.807) is 0 Å². The van der Waals surface area contributed by atoms with Crippen LogP contribution in [0.4, 0.5) is 0 Å². The Labute approximate surface area is 76.0 Å². The Hall–Kier alpha value is -0.130. The molecule has 0 saturated carbocycles. The van der Waals surface area contributed by atoms with E-state index in [1.807, 2.05) is 25.6 Å². The first kappa shape index (κ1) is 11.9. The van der Waals surface area contributed by atoms with Gasteiger partial charge in [-0.25, -0.2) is 4.67 Å². The maximum Gasteiger partial charge on any atom is 0.259 e. The Morgan fingerprint density at radius 2 is 1.83 bits per heavy atom. The highest BCUT2D eigenvalue weighted by atomic mass is 31.2. The molecule has 0 saturated heterocycles. The van der Waals surface area contributed by atoms with Gasteiger partial charge in [0.2, 0.25) is 0 Å². The molecule has 0 aliphatic rings. The fourth-order valence-electron chi connectivity index (χ4n) is 0.645. The lowest BCUT2D eigenvalue weighted by molar-refractivity contribution is 0.233. The number of hydrogen-bond donors (Lipinski definition) is 0. The van der Waals surface area contributed by atoms with Crippen molar-refractivity contribution >= 4 is 8.53 Å².